The number of para-hydroxylation sites is 2. The van der Waals surface area contributed by atoms with Crippen LogP contribution in [0.2, 0.25) is 0 Å². The molecule has 0 radical (unpaired) electrons. The van der Waals surface area contributed by atoms with Gasteiger partial charge in [0.15, 0.2) is 5.82 Å². The molecule has 3 heterocycles. The first-order valence-corrected chi connectivity index (χ1v) is 10.8. The second kappa shape index (κ2) is 8.45. The number of carbonyl (C=O) groups excluding carboxylic acids is 1. The second-order valence-corrected chi connectivity index (χ2v) is 8.73. The number of hydrogen-bond donors (Lipinski definition) is 1. The number of pyridine rings is 1. The van der Waals surface area contributed by atoms with Crippen LogP contribution in [-0.2, 0) is 23.3 Å². The fraction of sp³-hybridized carbons (Fsp3) is 0.333. The summed E-state index contributed by atoms with van der Waals surface area (Å²) in [6, 6.07) is 15.1. The first-order chi connectivity index (χ1) is 15.3. The van der Waals surface area contributed by atoms with E-state index in [2.05, 4.69) is 36.2 Å². The van der Waals surface area contributed by atoms with Crippen LogP contribution in [0.4, 0.5) is 5.82 Å². The van der Waals surface area contributed by atoms with E-state index in [0.29, 0.717) is 24.7 Å². The summed E-state index contributed by atoms with van der Waals surface area (Å²) in [7, 11) is 0. The topological polar surface area (TPSA) is 86.7 Å². The molecule has 4 rings (SSSR count). The third-order valence-corrected chi connectivity index (χ3v) is 5.42. The molecular weight excluding hydrogens is 404 g/mol. The van der Waals surface area contributed by atoms with Crippen LogP contribution in [0.3, 0.4) is 0 Å². The van der Waals surface area contributed by atoms with E-state index in [4.69, 9.17) is 0 Å². The average molecular weight is 433 g/mol. The first kappa shape index (κ1) is 21.5. The number of nitrogens with one attached hydrogen (secondary N) is 1. The van der Waals surface area contributed by atoms with Crippen LogP contribution in [0, 0.1) is 0 Å². The Morgan fingerprint density at radius 1 is 1.03 bits per heavy atom. The van der Waals surface area contributed by atoms with Crippen molar-refractivity contribution in [2.75, 3.05) is 5.32 Å². The van der Waals surface area contributed by atoms with Gasteiger partial charge in [-0.25, -0.2) is 9.78 Å². The van der Waals surface area contributed by atoms with E-state index in [0.717, 1.165) is 16.7 Å². The number of rotatable bonds is 6. The highest BCUT2D eigenvalue weighted by Crippen LogP contribution is 2.26. The Balaban J connectivity index is 1.58. The maximum atomic E-state index is 12.9. The van der Waals surface area contributed by atoms with Crippen molar-refractivity contribution in [3.63, 3.8) is 0 Å². The zero-order chi connectivity index (χ0) is 22.9. The smallest absolute Gasteiger partial charge is 0.310 e. The number of imidazole rings is 1. The number of hydrogen-bond acceptors (Lipinski definition) is 4. The summed E-state index contributed by atoms with van der Waals surface area (Å²) in [5.74, 6) is 0.991. The predicted octanol–water partition coefficient (Wildman–Crippen LogP) is 3.73. The quantitative estimate of drug-likeness (QED) is 0.503. The van der Waals surface area contributed by atoms with Gasteiger partial charge in [-0.05, 0) is 31.2 Å². The van der Waals surface area contributed by atoms with E-state index >= 15 is 0 Å². The highest BCUT2D eigenvalue weighted by atomic mass is 16.2. The van der Waals surface area contributed by atoms with Crippen LogP contribution in [-0.4, -0.2) is 29.8 Å². The fourth-order valence-electron chi connectivity index (χ4n) is 3.70. The Labute approximate surface area is 186 Å². The molecule has 1 aromatic carbocycles. The van der Waals surface area contributed by atoms with E-state index in [-0.39, 0.29) is 23.4 Å². The molecule has 166 valence electrons. The Hall–Kier alpha value is -3.68. The van der Waals surface area contributed by atoms with Crippen molar-refractivity contribution in [1.82, 2.24) is 23.9 Å². The summed E-state index contributed by atoms with van der Waals surface area (Å²) in [5, 5.41) is 7.63. The molecule has 0 fully saturated rings. The number of fused-ring (bicyclic) bond motifs is 1. The maximum absolute atomic E-state index is 12.9. The van der Waals surface area contributed by atoms with Gasteiger partial charge in [-0.2, -0.15) is 9.78 Å². The standard InChI is InChI=1S/C24H28N6O2/c1-5-28-17-10-6-7-11-18(17)29(23(28)32)15-13-22(31)26-21-16-19(24(2,3)4)27-30(21)20-12-8-9-14-25-20/h6-12,14,16H,5,13,15H2,1-4H3,(H,26,31). The van der Waals surface area contributed by atoms with E-state index in [1.54, 1.807) is 20.0 Å². The average Bonchev–Trinajstić information content (AvgIpc) is 3.31. The normalized spacial score (nSPS) is 11.8. The van der Waals surface area contributed by atoms with Crippen molar-refractivity contribution >= 4 is 22.8 Å². The zero-order valence-corrected chi connectivity index (χ0v) is 18.9. The Morgan fingerprint density at radius 2 is 1.72 bits per heavy atom. The Kier molecular flexibility index (Phi) is 5.69. The molecule has 0 saturated carbocycles. The lowest BCUT2D eigenvalue weighted by Gasteiger charge is -2.13. The van der Waals surface area contributed by atoms with Gasteiger partial charge in [0.1, 0.15) is 5.82 Å². The monoisotopic (exact) mass is 432 g/mol. The number of aryl methyl sites for hydroxylation is 2. The van der Waals surface area contributed by atoms with Gasteiger partial charge in [-0.3, -0.25) is 13.9 Å². The number of aromatic nitrogens is 5. The molecule has 0 bridgehead atoms. The fourth-order valence-corrected chi connectivity index (χ4v) is 3.70. The van der Waals surface area contributed by atoms with Crippen LogP contribution in [0.1, 0.15) is 39.8 Å². The van der Waals surface area contributed by atoms with E-state index in [1.807, 2.05) is 55.5 Å². The van der Waals surface area contributed by atoms with Crippen molar-refractivity contribution in [3.8, 4) is 5.82 Å². The zero-order valence-electron chi connectivity index (χ0n) is 18.9. The molecule has 32 heavy (non-hydrogen) atoms. The van der Waals surface area contributed by atoms with Gasteiger partial charge in [0.25, 0.3) is 0 Å². The summed E-state index contributed by atoms with van der Waals surface area (Å²) < 4.78 is 5.03. The van der Waals surface area contributed by atoms with Gasteiger partial charge in [0.05, 0.1) is 16.7 Å². The summed E-state index contributed by atoms with van der Waals surface area (Å²) in [5.41, 5.74) is 2.27. The summed E-state index contributed by atoms with van der Waals surface area (Å²) in [6.07, 6.45) is 1.85. The van der Waals surface area contributed by atoms with E-state index < -0.39 is 0 Å². The van der Waals surface area contributed by atoms with Crippen LogP contribution < -0.4 is 11.0 Å². The Morgan fingerprint density at radius 3 is 2.34 bits per heavy atom. The van der Waals surface area contributed by atoms with Gasteiger partial charge >= 0.3 is 5.69 Å². The predicted molar refractivity (Wildman–Crippen MR) is 125 cm³/mol. The van der Waals surface area contributed by atoms with Crippen LogP contribution in [0.5, 0.6) is 0 Å². The van der Waals surface area contributed by atoms with Crippen molar-refractivity contribution < 1.29 is 4.79 Å². The van der Waals surface area contributed by atoms with Gasteiger partial charge < -0.3 is 5.32 Å². The lowest BCUT2D eigenvalue weighted by molar-refractivity contribution is -0.116. The number of anilines is 1. The molecule has 8 nitrogen and oxygen atoms in total. The van der Waals surface area contributed by atoms with Crippen LogP contribution in [0.15, 0.2) is 59.5 Å². The van der Waals surface area contributed by atoms with Gasteiger partial charge in [0, 0.05) is 37.2 Å². The highest BCUT2D eigenvalue weighted by molar-refractivity contribution is 5.90. The molecular formula is C24H28N6O2. The Bertz CT molecular complexity index is 1310. The number of nitrogens with zero attached hydrogens (tertiary/aromatic N) is 5. The summed E-state index contributed by atoms with van der Waals surface area (Å²) in [4.78, 5) is 30.0. The van der Waals surface area contributed by atoms with E-state index in [1.165, 1.54) is 0 Å². The molecule has 0 aliphatic carbocycles. The van der Waals surface area contributed by atoms with Crippen molar-refractivity contribution in [2.45, 2.75) is 52.6 Å². The molecule has 0 aliphatic heterocycles. The molecule has 1 amide bonds. The summed E-state index contributed by atoms with van der Waals surface area (Å²) in [6.45, 7) is 9.02. The minimum atomic E-state index is -0.192. The first-order valence-electron chi connectivity index (χ1n) is 10.8. The van der Waals surface area contributed by atoms with Gasteiger partial charge in [0.2, 0.25) is 5.91 Å². The molecule has 0 spiro atoms. The molecule has 0 saturated heterocycles. The molecule has 8 heteroatoms. The van der Waals surface area contributed by atoms with Crippen LogP contribution in [0.25, 0.3) is 16.9 Å². The number of amides is 1. The largest absolute Gasteiger partial charge is 0.329 e. The van der Waals surface area contributed by atoms with Gasteiger partial charge in [-0.1, -0.05) is 39.0 Å². The summed E-state index contributed by atoms with van der Waals surface area (Å²) >= 11 is 0. The minimum absolute atomic E-state index is 0.102. The van der Waals surface area contributed by atoms with Crippen molar-refractivity contribution in [1.29, 1.82) is 0 Å². The lowest BCUT2D eigenvalue weighted by atomic mass is 9.92. The van der Waals surface area contributed by atoms with Crippen LogP contribution >= 0.6 is 0 Å². The molecule has 0 unspecified atom stereocenters. The molecule has 1 N–H and O–H groups in total. The van der Waals surface area contributed by atoms with E-state index in [9.17, 15) is 9.59 Å². The third-order valence-electron chi connectivity index (χ3n) is 5.42. The minimum Gasteiger partial charge on any atom is -0.310 e. The SMILES string of the molecule is CCn1c(=O)n(CCC(=O)Nc2cc(C(C)(C)C)nn2-c2ccccn2)c2ccccc21. The third kappa shape index (κ3) is 4.08. The van der Waals surface area contributed by atoms with Crippen molar-refractivity contribution in [3.05, 3.63) is 70.9 Å². The molecule has 0 aliphatic rings. The number of carbonyl (C=O) groups is 1. The molecule has 3 aromatic heterocycles. The van der Waals surface area contributed by atoms with Crippen molar-refractivity contribution in [2.24, 2.45) is 0 Å². The maximum Gasteiger partial charge on any atom is 0.329 e. The molecule has 4 aromatic rings. The van der Waals surface area contributed by atoms with Gasteiger partial charge in [-0.15, -0.1) is 0 Å². The highest BCUT2D eigenvalue weighted by Gasteiger charge is 2.22. The number of benzene rings is 1. The molecule has 0 atom stereocenters. The second-order valence-electron chi connectivity index (χ2n) is 8.73. The lowest BCUT2D eigenvalue weighted by Crippen LogP contribution is -2.26.